The highest BCUT2D eigenvalue weighted by atomic mass is 16.5. The molecule has 1 amide bonds. The average Bonchev–Trinajstić information content (AvgIpc) is 3.08. The van der Waals surface area contributed by atoms with Crippen LogP contribution >= 0.6 is 0 Å². The Kier molecular flexibility index (Phi) is 5.79. The Morgan fingerprint density at radius 2 is 2.07 bits per heavy atom. The number of pyridine rings is 1. The van der Waals surface area contributed by atoms with Gasteiger partial charge in [-0.15, -0.1) is 0 Å². The molecule has 1 aromatic carbocycles. The number of amides is 1. The summed E-state index contributed by atoms with van der Waals surface area (Å²) in [6.07, 6.45) is 5.12. The molecular weight excluding hydrogens is 338 g/mol. The maximum Gasteiger partial charge on any atom is 0.221 e. The molecule has 0 spiro atoms. The molecule has 3 rings (SSSR count). The normalized spacial score (nSPS) is 13.3. The zero-order chi connectivity index (χ0) is 19.4. The van der Waals surface area contributed by atoms with Crippen LogP contribution in [-0.2, 0) is 4.79 Å². The molecule has 5 nitrogen and oxygen atoms in total. The number of ether oxygens (including phenoxy) is 1. The molecule has 2 atom stereocenters. The van der Waals surface area contributed by atoms with E-state index in [1.54, 1.807) is 7.11 Å². The standard InChI is InChI=1S/C22H27N3O2/c1-5-16(3)24-22(26)13-18(17-8-6-7-9-20(17)27-4)19-14-23-21-12-15(2)10-11-25(19)21/h6-12,14,16,18H,5,13H2,1-4H3,(H,24,26). The number of para-hydroxylation sites is 1. The number of hydrogen-bond acceptors (Lipinski definition) is 3. The highest BCUT2D eigenvalue weighted by Crippen LogP contribution is 2.34. The Bertz CT molecular complexity index is 932. The third-order valence-corrected chi connectivity index (χ3v) is 4.98. The van der Waals surface area contributed by atoms with E-state index in [2.05, 4.69) is 27.7 Å². The Balaban J connectivity index is 2.05. The molecule has 5 heteroatoms. The first kappa shape index (κ1) is 19.0. The number of nitrogens with zero attached hydrogens (tertiary/aromatic N) is 2. The van der Waals surface area contributed by atoms with Crippen molar-refractivity contribution in [1.29, 1.82) is 0 Å². The quantitative estimate of drug-likeness (QED) is 0.686. The number of rotatable bonds is 7. The summed E-state index contributed by atoms with van der Waals surface area (Å²) in [5.74, 6) is 0.658. The van der Waals surface area contributed by atoms with E-state index < -0.39 is 0 Å². The van der Waals surface area contributed by atoms with Gasteiger partial charge in [0.2, 0.25) is 5.91 Å². The Hall–Kier alpha value is -2.82. The van der Waals surface area contributed by atoms with Crippen LogP contribution in [0.5, 0.6) is 5.75 Å². The van der Waals surface area contributed by atoms with Gasteiger partial charge in [0.1, 0.15) is 11.4 Å². The van der Waals surface area contributed by atoms with Gasteiger partial charge in [-0.05, 0) is 44.0 Å². The van der Waals surface area contributed by atoms with E-state index in [4.69, 9.17) is 4.74 Å². The molecule has 27 heavy (non-hydrogen) atoms. The maximum atomic E-state index is 12.7. The van der Waals surface area contributed by atoms with Gasteiger partial charge < -0.3 is 14.5 Å². The fourth-order valence-electron chi connectivity index (χ4n) is 3.31. The number of nitrogens with one attached hydrogen (secondary N) is 1. The van der Waals surface area contributed by atoms with Crippen molar-refractivity contribution in [2.24, 2.45) is 0 Å². The number of imidazole rings is 1. The van der Waals surface area contributed by atoms with E-state index in [0.29, 0.717) is 6.42 Å². The molecule has 142 valence electrons. The monoisotopic (exact) mass is 365 g/mol. The topological polar surface area (TPSA) is 55.6 Å². The first-order chi connectivity index (χ1) is 13.0. The van der Waals surface area contributed by atoms with Crippen LogP contribution < -0.4 is 10.1 Å². The lowest BCUT2D eigenvalue weighted by Crippen LogP contribution is -2.33. The first-order valence-electron chi connectivity index (χ1n) is 9.39. The van der Waals surface area contributed by atoms with Crippen molar-refractivity contribution in [3.8, 4) is 5.75 Å². The molecule has 0 fully saturated rings. The fourth-order valence-corrected chi connectivity index (χ4v) is 3.31. The number of benzene rings is 1. The van der Waals surface area contributed by atoms with Gasteiger partial charge in [-0.1, -0.05) is 25.1 Å². The van der Waals surface area contributed by atoms with E-state index in [9.17, 15) is 4.79 Å². The molecular formula is C22H27N3O2. The molecule has 1 N–H and O–H groups in total. The van der Waals surface area contributed by atoms with Crippen LogP contribution in [0.4, 0.5) is 0 Å². The van der Waals surface area contributed by atoms with Crippen LogP contribution in [0.1, 0.15) is 49.4 Å². The molecule has 0 bridgehead atoms. The van der Waals surface area contributed by atoms with Gasteiger partial charge >= 0.3 is 0 Å². The molecule has 2 aromatic heterocycles. The number of aryl methyl sites for hydroxylation is 1. The number of hydrogen-bond donors (Lipinski definition) is 1. The van der Waals surface area contributed by atoms with Crippen molar-refractivity contribution in [3.63, 3.8) is 0 Å². The largest absolute Gasteiger partial charge is 0.496 e. The molecule has 0 radical (unpaired) electrons. The van der Waals surface area contributed by atoms with Crippen molar-refractivity contribution < 1.29 is 9.53 Å². The molecule has 0 aliphatic rings. The minimum absolute atomic E-state index is 0.0299. The lowest BCUT2D eigenvalue weighted by atomic mass is 9.91. The zero-order valence-corrected chi connectivity index (χ0v) is 16.4. The number of methoxy groups -OCH3 is 1. The van der Waals surface area contributed by atoms with Gasteiger partial charge in [-0.2, -0.15) is 0 Å². The van der Waals surface area contributed by atoms with Crippen LogP contribution in [-0.4, -0.2) is 28.4 Å². The van der Waals surface area contributed by atoms with Crippen LogP contribution in [0.3, 0.4) is 0 Å². The lowest BCUT2D eigenvalue weighted by molar-refractivity contribution is -0.121. The molecule has 3 aromatic rings. The summed E-state index contributed by atoms with van der Waals surface area (Å²) in [4.78, 5) is 17.3. The van der Waals surface area contributed by atoms with Crippen molar-refractivity contribution in [2.75, 3.05) is 7.11 Å². The summed E-state index contributed by atoms with van der Waals surface area (Å²) in [6, 6.07) is 12.1. The van der Waals surface area contributed by atoms with Crippen LogP contribution in [0.15, 0.2) is 48.8 Å². The Labute approximate surface area is 160 Å². The predicted octanol–water partition coefficient (Wildman–Crippen LogP) is 4.09. The van der Waals surface area contributed by atoms with E-state index in [1.807, 2.05) is 56.6 Å². The van der Waals surface area contributed by atoms with Crippen LogP contribution in [0, 0.1) is 6.92 Å². The van der Waals surface area contributed by atoms with Gasteiger partial charge in [0.05, 0.1) is 12.8 Å². The third-order valence-electron chi connectivity index (χ3n) is 4.98. The molecule has 0 aliphatic heterocycles. The number of aromatic nitrogens is 2. The second-order valence-electron chi connectivity index (χ2n) is 6.99. The minimum atomic E-state index is -0.150. The summed E-state index contributed by atoms with van der Waals surface area (Å²) in [7, 11) is 1.66. The minimum Gasteiger partial charge on any atom is -0.496 e. The molecule has 2 unspecified atom stereocenters. The maximum absolute atomic E-state index is 12.7. The Morgan fingerprint density at radius 3 is 2.81 bits per heavy atom. The van der Waals surface area contributed by atoms with Crippen molar-refractivity contribution >= 4 is 11.6 Å². The predicted molar refractivity (Wildman–Crippen MR) is 107 cm³/mol. The summed E-state index contributed by atoms with van der Waals surface area (Å²) >= 11 is 0. The first-order valence-corrected chi connectivity index (χ1v) is 9.39. The van der Waals surface area contributed by atoms with Crippen molar-refractivity contribution in [3.05, 3.63) is 65.6 Å². The fraction of sp³-hybridized carbons (Fsp3) is 0.364. The average molecular weight is 365 g/mol. The van der Waals surface area contributed by atoms with E-state index in [-0.39, 0.29) is 17.9 Å². The molecule has 2 heterocycles. The second kappa shape index (κ2) is 8.25. The van der Waals surface area contributed by atoms with Crippen molar-refractivity contribution in [2.45, 2.75) is 45.6 Å². The smallest absolute Gasteiger partial charge is 0.221 e. The summed E-state index contributed by atoms with van der Waals surface area (Å²) in [5.41, 5.74) is 4.01. The van der Waals surface area contributed by atoms with Crippen LogP contribution in [0.2, 0.25) is 0 Å². The summed E-state index contributed by atoms with van der Waals surface area (Å²) < 4.78 is 7.63. The van der Waals surface area contributed by atoms with Crippen molar-refractivity contribution in [1.82, 2.24) is 14.7 Å². The highest BCUT2D eigenvalue weighted by molar-refractivity contribution is 5.78. The van der Waals surface area contributed by atoms with Gasteiger partial charge in [-0.3, -0.25) is 4.79 Å². The highest BCUT2D eigenvalue weighted by Gasteiger charge is 2.25. The lowest BCUT2D eigenvalue weighted by Gasteiger charge is -2.21. The summed E-state index contributed by atoms with van der Waals surface area (Å²) in [6.45, 7) is 6.13. The summed E-state index contributed by atoms with van der Waals surface area (Å²) in [5, 5.41) is 3.08. The van der Waals surface area contributed by atoms with Crippen LogP contribution in [0.25, 0.3) is 5.65 Å². The number of carbonyl (C=O) groups excluding carboxylic acids is 1. The SMILES string of the molecule is CCC(C)NC(=O)CC(c1ccccc1OC)c1cnc2cc(C)ccn12. The van der Waals surface area contributed by atoms with E-state index in [1.165, 1.54) is 0 Å². The second-order valence-corrected chi connectivity index (χ2v) is 6.99. The van der Waals surface area contributed by atoms with Gasteiger partial charge in [-0.25, -0.2) is 4.98 Å². The van der Waals surface area contributed by atoms with E-state index in [0.717, 1.165) is 34.6 Å². The molecule has 0 aliphatic carbocycles. The van der Waals surface area contributed by atoms with Gasteiger partial charge in [0, 0.05) is 36.3 Å². The zero-order valence-electron chi connectivity index (χ0n) is 16.4. The number of fused-ring (bicyclic) bond motifs is 1. The van der Waals surface area contributed by atoms with Gasteiger partial charge in [0.15, 0.2) is 0 Å². The Morgan fingerprint density at radius 1 is 1.30 bits per heavy atom. The molecule has 0 saturated heterocycles. The number of carbonyl (C=O) groups is 1. The van der Waals surface area contributed by atoms with E-state index >= 15 is 0 Å². The molecule has 0 saturated carbocycles. The van der Waals surface area contributed by atoms with Gasteiger partial charge in [0.25, 0.3) is 0 Å². The third kappa shape index (κ3) is 4.13.